The van der Waals surface area contributed by atoms with Crippen LogP contribution in [0.3, 0.4) is 0 Å². The second kappa shape index (κ2) is 5.24. The Labute approximate surface area is 117 Å². The first-order valence-corrected chi connectivity index (χ1v) is 6.02. The standard InChI is InChI=1S/C10H11N7O4/c11-16-15-8-5-9(13-2-12-8)17(3-14-5)10-7(20)6(19)4(1-18)21-10/h2-4,6-7,10,18-20H,1H2/t4-,6-,7+,10-/m1/s1. The molecule has 4 atom stereocenters. The molecule has 11 heteroatoms. The monoisotopic (exact) mass is 293 g/mol. The molecule has 0 spiro atoms. The lowest BCUT2D eigenvalue weighted by Crippen LogP contribution is -2.33. The van der Waals surface area contributed by atoms with E-state index in [9.17, 15) is 10.2 Å². The molecule has 1 fully saturated rings. The molecule has 3 N–H and O–H groups in total. The number of fused-ring (bicyclic) bond motifs is 1. The van der Waals surface area contributed by atoms with Crippen LogP contribution in [0.2, 0.25) is 0 Å². The van der Waals surface area contributed by atoms with E-state index < -0.39 is 31.1 Å². The number of imidazole rings is 1. The lowest BCUT2D eigenvalue weighted by Gasteiger charge is -2.16. The van der Waals surface area contributed by atoms with Crippen molar-refractivity contribution < 1.29 is 20.1 Å². The molecule has 2 aromatic heterocycles. The molecule has 21 heavy (non-hydrogen) atoms. The Morgan fingerprint density at radius 2 is 2.14 bits per heavy atom. The number of hydrogen-bond acceptors (Lipinski definition) is 8. The third kappa shape index (κ3) is 2.09. The van der Waals surface area contributed by atoms with E-state index >= 15 is 0 Å². The van der Waals surface area contributed by atoms with Crippen molar-refractivity contribution in [2.45, 2.75) is 24.5 Å². The predicted molar refractivity (Wildman–Crippen MR) is 67.1 cm³/mol. The minimum absolute atomic E-state index is 0.0491. The van der Waals surface area contributed by atoms with Gasteiger partial charge in [0.2, 0.25) is 0 Å². The smallest absolute Gasteiger partial charge is 0.165 e. The molecular formula is C10H11N7O4. The highest BCUT2D eigenvalue weighted by molar-refractivity contribution is 5.80. The van der Waals surface area contributed by atoms with Gasteiger partial charge < -0.3 is 20.1 Å². The maximum absolute atomic E-state index is 10.0. The van der Waals surface area contributed by atoms with E-state index in [1.165, 1.54) is 17.2 Å². The number of aliphatic hydroxyl groups excluding tert-OH is 3. The summed E-state index contributed by atoms with van der Waals surface area (Å²) in [5, 5.41) is 32.3. The molecule has 0 aliphatic carbocycles. The van der Waals surface area contributed by atoms with Crippen molar-refractivity contribution in [1.82, 2.24) is 19.5 Å². The minimum Gasteiger partial charge on any atom is -0.394 e. The van der Waals surface area contributed by atoms with Gasteiger partial charge in [0, 0.05) is 4.91 Å². The molecule has 1 aliphatic rings. The van der Waals surface area contributed by atoms with Crippen LogP contribution >= 0.6 is 0 Å². The Morgan fingerprint density at radius 1 is 1.33 bits per heavy atom. The third-order valence-corrected chi connectivity index (χ3v) is 3.27. The SMILES string of the molecule is [N-]=[N+]=Nc1ncnc2c1ncn2[C@@H]1O[C@H](CO)[C@@H](O)[C@@H]1O. The quantitative estimate of drug-likeness (QED) is 0.385. The van der Waals surface area contributed by atoms with Crippen LogP contribution in [0.25, 0.3) is 21.6 Å². The van der Waals surface area contributed by atoms with Gasteiger partial charge in [0.15, 0.2) is 17.7 Å². The van der Waals surface area contributed by atoms with E-state index in [2.05, 4.69) is 25.0 Å². The normalized spacial score (nSPS) is 28.7. The summed E-state index contributed by atoms with van der Waals surface area (Å²) in [7, 11) is 0. The fourth-order valence-electron chi connectivity index (χ4n) is 2.25. The summed E-state index contributed by atoms with van der Waals surface area (Å²) in [5.41, 5.74) is 9.00. The van der Waals surface area contributed by atoms with Gasteiger partial charge in [0.25, 0.3) is 0 Å². The summed E-state index contributed by atoms with van der Waals surface area (Å²) in [6, 6.07) is 0. The first-order valence-electron chi connectivity index (χ1n) is 6.02. The van der Waals surface area contributed by atoms with Gasteiger partial charge >= 0.3 is 0 Å². The van der Waals surface area contributed by atoms with Crippen molar-refractivity contribution in [2.24, 2.45) is 5.11 Å². The lowest BCUT2D eigenvalue weighted by atomic mass is 10.1. The van der Waals surface area contributed by atoms with Gasteiger partial charge in [-0.15, -0.1) is 0 Å². The molecule has 3 heterocycles. The maximum atomic E-state index is 10.0. The van der Waals surface area contributed by atoms with Gasteiger partial charge in [-0.2, -0.15) is 0 Å². The highest BCUT2D eigenvalue weighted by Gasteiger charge is 2.43. The Bertz CT molecular complexity index is 712. The molecule has 1 saturated heterocycles. The topological polar surface area (TPSA) is 162 Å². The summed E-state index contributed by atoms with van der Waals surface area (Å²) in [6.45, 7) is -0.430. The van der Waals surface area contributed by atoms with E-state index in [4.69, 9.17) is 15.4 Å². The van der Waals surface area contributed by atoms with Crippen molar-refractivity contribution >= 4 is 17.0 Å². The molecule has 1 aliphatic heterocycles. The maximum Gasteiger partial charge on any atom is 0.165 e. The molecule has 0 amide bonds. The molecule has 110 valence electrons. The van der Waals surface area contributed by atoms with E-state index in [1.54, 1.807) is 0 Å². The highest BCUT2D eigenvalue weighted by atomic mass is 16.6. The molecule has 3 rings (SSSR count). The second-order valence-electron chi connectivity index (χ2n) is 4.44. The first-order chi connectivity index (χ1) is 10.2. The highest BCUT2D eigenvalue weighted by Crippen LogP contribution is 2.32. The Hall–Kier alpha value is -2.30. The van der Waals surface area contributed by atoms with E-state index in [0.29, 0.717) is 0 Å². The first kappa shape index (κ1) is 13.7. The lowest BCUT2D eigenvalue weighted by molar-refractivity contribution is -0.0511. The number of nitrogens with zero attached hydrogens (tertiary/aromatic N) is 7. The summed E-state index contributed by atoms with van der Waals surface area (Å²) < 4.78 is 6.78. The van der Waals surface area contributed by atoms with Gasteiger partial charge in [0.05, 0.1) is 12.9 Å². The van der Waals surface area contributed by atoms with Gasteiger partial charge in [-0.05, 0) is 10.6 Å². The van der Waals surface area contributed by atoms with Crippen LogP contribution in [0.15, 0.2) is 17.8 Å². The average Bonchev–Trinajstić information content (AvgIpc) is 3.03. The van der Waals surface area contributed by atoms with Gasteiger partial charge in [-0.25, -0.2) is 15.0 Å². The minimum atomic E-state index is -1.25. The van der Waals surface area contributed by atoms with Crippen LogP contribution in [0.1, 0.15) is 6.23 Å². The Balaban J connectivity index is 2.06. The van der Waals surface area contributed by atoms with Crippen molar-refractivity contribution in [2.75, 3.05) is 6.61 Å². The summed E-state index contributed by atoms with van der Waals surface area (Å²) in [6.07, 6.45) is -1.83. The number of aliphatic hydroxyl groups is 3. The van der Waals surface area contributed by atoms with E-state index in [-0.39, 0.29) is 17.0 Å². The summed E-state index contributed by atoms with van der Waals surface area (Å²) in [5.74, 6) is 0.0491. The molecule has 0 aromatic carbocycles. The number of hydrogen-bond donors (Lipinski definition) is 3. The molecule has 0 bridgehead atoms. The number of ether oxygens (including phenoxy) is 1. The predicted octanol–water partition coefficient (Wildman–Crippen LogP) is -0.620. The zero-order chi connectivity index (χ0) is 15.0. The van der Waals surface area contributed by atoms with Crippen LogP contribution in [-0.2, 0) is 4.74 Å². The number of azide groups is 1. The van der Waals surface area contributed by atoms with Crippen LogP contribution in [-0.4, -0.2) is 59.8 Å². The van der Waals surface area contributed by atoms with Crippen molar-refractivity contribution in [3.05, 3.63) is 23.1 Å². The number of aromatic nitrogens is 4. The average molecular weight is 293 g/mol. The van der Waals surface area contributed by atoms with Crippen LogP contribution in [0.5, 0.6) is 0 Å². The van der Waals surface area contributed by atoms with Crippen LogP contribution in [0.4, 0.5) is 5.82 Å². The van der Waals surface area contributed by atoms with Crippen molar-refractivity contribution in [1.29, 1.82) is 0 Å². The van der Waals surface area contributed by atoms with Gasteiger partial charge in [-0.1, -0.05) is 0 Å². The largest absolute Gasteiger partial charge is 0.394 e. The molecular weight excluding hydrogens is 282 g/mol. The Morgan fingerprint density at radius 3 is 2.81 bits per heavy atom. The Kier molecular flexibility index (Phi) is 3.41. The zero-order valence-electron chi connectivity index (χ0n) is 10.6. The van der Waals surface area contributed by atoms with Crippen LogP contribution < -0.4 is 0 Å². The van der Waals surface area contributed by atoms with Crippen LogP contribution in [0, 0.1) is 0 Å². The molecule has 0 unspecified atom stereocenters. The second-order valence-corrected chi connectivity index (χ2v) is 4.44. The third-order valence-electron chi connectivity index (χ3n) is 3.27. The van der Waals surface area contributed by atoms with Crippen molar-refractivity contribution in [3.63, 3.8) is 0 Å². The van der Waals surface area contributed by atoms with Crippen molar-refractivity contribution in [3.8, 4) is 0 Å². The number of rotatable bonds is 3. The summed E-state index contributed by atoms with van der Waals surface area (Å²) >= 11 is 0. The molecule has 0 radical (unpaired) electrons. The molecule has 11 nitrogen and oxygen atoms in total. The summed E-state index contributed by atoms with van der Waals surface area (Å²) in [4.78, 5) is 14.5. The van der Waals surface area contributed by atoms with E-state index in [1.807, 2.05) is 0 Å². The van der Waals surface area contributed by atoms with Gasteiger partial charge in [0.1, 0.15) is 30.2 Å². The fourth-order valence-corrected chi connectivity index (χ4v) is 2.25. The zero-order valence-corrected chi connectivity index (χ0v) is 10.6. The fraction of sp³-hybridized carbons (Fsp3) is 0.500. The molecule has 2 aromatic rings. The molecule has 0 saturated carbocycles. The van der Waals surface area contributed by atoms with E-state index in [0.717, 1.165) is 0 Å². The van der Waals surface area contributed by atoms with Gasteiger partial charge in [-0.3, -0.25) is 4.57 Å².